The van der Waals surface area contributed by atoms with E-state index in [1.807, 2.05) is 43.1 Å². The number of aryl methyl sites for hydroxylation is 1. The van der Waals surface area contributed by atoms with Crippen molar-refractivity contribution in [1.29, 1.82) is 0 Å². The predicted molar refractivity (Wildman–Crippen MR) is 96.8 cm³/mol. The van der Waals surface area contributed by atoms with Gasteiger partial charge >= 0.3 is 0 Å². The molecule has 0 radical (unpaired) electrons. The van der Waals surface area contributed by atoms with E-state index in [1.165, 1.54) is 6.20 Å². The Morgan fingerprint density at radius 2 is 1.72 bits per heavy atom. The molecule has 6 nitrogen and oxygen atoms in total. The number of hydrogen-bond donors (Lipinski definition) is 1. The number of pyridine rings is 1. The number of aromatic nitrogens is 1. The van der Waals surface area contributed by atoms with Crippen LogP contribution in [-0.2, 0) is 0 Å². The second-order valence-electron chi connectivity index (χ2n) is 6.35. The summed E-state index contributed by atoms with van der Waals surface area (Å²) in [4.78, 5) is 33.1. The number of likely N-dealkylation sites (N-methyl/N-ethyl adjacent to an activating group) is 1. The first-order valence-electron chi connectivity index (χ1n) is 8.35. The minimum Gasteiger partial charge on any atom is -0.336 e. The van der Waals surface area contributed by atoms with Crippen LogP contribution in [0.3, 0.4) is 0 Å². The third-order valence-corrected chi connectivity index (χ3v) is 4.34. The highest BCUT2D eigenvalue weighted by molar-refractivity contribution is 6.04. The number of benzene rings is 1. The Kier molecular flexibility index (Phi) is 5.09. The van der Waals surface area contributed by atoms with E-state index >= 15 is 0 Å². The number of anilines is 1. The summed E-state index contributed by atoms with van der Waals surface area (Å²) in [5, 5.41) is 2.80. The average Bonchev–Trinajstić information content (AvgIpc) is 2.64. The molecule has 25 heavy (non-hydrogen) atoms. The lowest BCUT2D eigenvalue weighted by Gasteiger charge is -2.32. The van der Waals surface area contributed by atoms with Crippen molar-refractivity contribution in [1.82, 2.24) is 14.8 Å². The normalized spacial score (nSPS) is 15.0. The first kappa shape index (κ1) is 17.1. The van der Waals surface area contributed by atoms with Crippen molar-refractivity contribution in [3.63, 3.8) is 0 Å². The Morgan fingerprint density at radius 1 is 1.04 bits per heavy atom. The lowest BCUT2D eigenvalue weighted by atomic mass is 10.1. The van der Waals surface area contributed by atoms with Crippen LogP contribution in [0.5, 0.6) is 0 Å². The van der Waals surface area contributed by atoms with E-state index < -0.39 is 0 Å². The van der Waals surface area contributed by atoms with Crippen molar-refractivity contribution in [3.8, 4) is 0 Å². The molecule has 0 bridgehead atoms. The minimum absolute atomic E-state index is 0.0557. The summed E-state index contributed by atoms with van der Waals surface area (Å²) in [5.41, 5.74) is 2.55. The molecule has 0 atom stereocenters. The summed E-state index contributed by atoms with van der Waals surface area (Å²) in [6.45, 7) is 5.10. The molecule has 0 spiro atoms. The van der Waals surface area contributed by atoms with Gasteiger partial charge in [0.25, 0.3) is 11.8 Å². The fourth-order valence-corrected chi connectivity index (χ4v) is 2.71. The smallest absolute Gasteiger partial charge is 0.274 e. The minimum atomic E-state index is -0.322. The summed E-state index contributed by atoms with van der Waals surface area (Å²) in [6.07, 6.45) is 1.51. The van der Waals surface area contributed by atoms with Crippen molar-refractivity contribution in [2.24, 2.45) is 0 Å². The van der Waals surface area contributed by atoms with Gasteiger partial charge in [0.15, 0.2) is 0 Å². The van der Waals surface area contributed by atoms with Crippen LogP contribution in [0.2, 0.25) is 0 Å². The zero-order valence-electron chi connectivity index (χ0n) is 14.5. The van der Waals surface area contributed by atoms with Crippen LogP contribution in [0.15, 0.2) is 42.6 Å². The molecule has 2 amide bonds. The SMILES string of the molecule is Cc1ccc(NC(=O)c2cc(C(=O)N3CCN(C)CC3)ccn2)cc1. The number of hydrogen-bond acceptors (Lipinski definition) is 4. The third kappa shape index (κ3) is 4.22. The number of piperazine rings is 1. The topological polar surface area (TPSA) is 65.5 Å². The van der Waals surface area contributed by atoms with Gasteiger partial charge in [0.1, 0.15) is 5.69 Å². The molecule has 1 aliphatic rings. The van der Waals surface area contributed by atoms with Crippen LogP contribution in [0.4, 0.5) is 5.69 Å². The maximum atomic E-state index is 12.6. The van der Waals surface area contributed by atoms with E-state index in [0.29, 0.717) is 24.3 Å². The Hall–Kier alpha value is -2.73. The largest absolute Gasteiger partial charge is 0.336 e. The lowest BCUT2D eigenvalue weighted by Crippen LogP contribution is -2.47. The van der Waals surface area contributed by atoms with Crippen molar-refractivity contribution in [3.05, 3.63) is 59.4 Å². The molecule has 1 saturated heterocycles. The van der Waals surface area contributed by atoms with Crippen LogP contribution in [0, 0.1) is 6.92 Å². The van der Waals surface area contributed by atoms with Crippen LogP contribution >= 0.6 is 0 Å². The molecule has 6 heteroatoms. The van der Waals surface area contributed by atoms with Gasteiger partial charge in [0, 0.05) is 43.6 Å². The average molecular weight is 338 g/mol. The zero-order chi connectivity index (χ0) is 17.8. The molecule has 0 aliphatic carbocycles. The first-order valence-corrected chi connectivity index (χ1v) is 8.35. The van der Waals surface area contributed by atoms with Crippen molar-refractivity contribution >= 4 is 17.5 Å². The van der Waals surface area contributed by atoms with E-state index in [-0.39, 0.29) is 17.5 Å². The highest BCUT2D eigenvalue weighted by atomic mass is 16.2. The molecule has 1 N–H and O–H groups in total. The Morgan fingerprint density at radius 3 is 2.40 bits per heavy atom. The molecule has 1 fully saturated rings. The Balaban J connectivity index is 1.71. The third-order valence-electron chi connectivity index (χ3n) is 4.34. The fourth-order valence-electron chi connectivity index (χ4n) is 2.71. The van der Waals surface area contributed by atoms with Crippen molar-refractivity contribution in [2.75, 3.05) is 38.5 Å². The Labute approximate surface area is 147 Å². The van der Waals surface area contributed by atoms with Crippen LogP contribution in [-0.4, -0.2) is 59.8 Å². The molecule has 2 heterocycles. The van der Waals surface area contributed by atoms with Gasteiger partial charge in [-0.2, -0.15) is 0 Å². The summed E-state index contributed by atoms with van der Waals surface area (Å²) < 4.78 is 0. The highest BCUT2D eigenvalue weighted by Crippen LogP contribution is 2.12. The number of rotatable bonds is 3. The molecule has 130 valence electrons. The van der Waals surface area contributed by atoms with Gasteiger partial charge in [0.2, 0.25) is 0 Å². The number of carbonyl (C=O) groups is 2. The molecule has 1 aromatic carbocycles. The second kappa shape index (κ2) is 7.44. The van der Waals surface area contributed by atoms with E-state index in [4.69, 9.17) is 0 Å². The van der Waals surface area contributed by atoms with Crippen LogP contribution < -0.4 is 5.32 Å². The van der Waals surface area contributed by atoms with Gasteiger partial charge in [0.05, 0.1) is 0 Å². The van der Waals surface area contributed by atoms with Gasteiger partial charge in [-0.05, 0) is 38.2 Å². The molecule has 2 aromatic rings. The monoisotopic (exact) mass is 338 g/mol. The molecule has 1 aliphatic heterocycles. The molecule has 0 unspecified atom stereocenters. The summed E-state index contributed by atoms with van der Waals surface area (Å²) in [7, 11) is 2.04. The Bertz CT molecular complexity index is 765. The van der Waals surface area contributed by atoms with Gasteiger partial charge in [-0.3, -0.25) is 14.6 Å². The molecular formula is C19H22N4O2. The van der Waals surface area contributed by atoms with Crippen molar-refractivity contribution in [2.45, 2.75) is 6.92 Å². The number of nitrogens with zero attached hydrogens (tertiary/aromatic N) is 3. The van der Waals surface area contributed by atoms with Crippen molar-refractivity contribution < 1.29 is 9.59 Å². The standard InChI is InChI=1S/C19H22N4O2/c1-14-3-5-16(6-4-14)21-18(24)17-13-15(7-8-20-17)19(25)23-11-9-22(2)10-12-23/h3-8,13H,9-12H2,1-2H3,(H,21,24). The van der Waals surface area contributed by atoms with E-state index in [9.17, 15) is 9.59 Å². The number of nitrogens with one attached hydrogen (secondary N) is 1. The van der Waals surface area contributed by atoms with Gasteiger partial charge in [-0.1, -0.05) is 17.7 Å². The second-order valence-corrected chi connectivity index (χ2v) is 6.35. The summed E-state index contributed by atoms with van der Waals surface area (Å²) >= 11 is 0. The molecular weight excluding hydrogens is 316 g/mol. The lowest BCUT2D eigenvalue weighted by molar-refractivity contribution is 0.0664. The van der Waals surface area contributed by atoms with Gasteiger partial charge in [-0.15, -0.1) is 0 Å². The number of carbonyl (C=O) groups excluding carboxylic acids is 2. The molecule has 1 aromatic heterocycles. The van der Waals surface area contributed by atoms with E-state index in [0.717, 1.165) is 18.7 Å². The van der Waals surface area contributed by atoms with Gasteiger partial charge < -0.3 is 15.1 Å². The fraction of sp³-hybridized carbons (Fsp3) is 0.316. The first-order chi connectivity index (χ1) is 12.0. The zero-order valence-corrected chi connectivity index (χ0v) is 14.5. The van der Waals surface area contributed by atoms with Gasteiger partial charge in [-0.25, -0.2) is 0 Å². The van der Waals surface area contributed by atoms with E-state index in [2.05, 4.69) is 15.2 Å². The summed E-state index contributed by atoms with van der Waals surface area (Å²) in [6, 6.07) is 10.7. The summed E-state index contributed by atoms with van der Waals surface area (Å²) in [5.74, 6) is -0.378. The molecule has 3 rings (SSSR count). The maximum absolute atomic E-state index is 12.6. The predicted octanol–water partition coefficient (Wildman–Crippen LogP) is 2.03. The quantitative estimate of drug-likeness (QED) is 0.930. The number of amides is 2. The maximum Gasteiger partial charge on any atom is 0.274 e. The van der Waals surface area contributed by atoms with E-state index in [1.54, 1.807) is 12.1 Å². The van der Waals surface area contributed by atoms with Crippen LogP contribution in [0.1, 0.15) is 26.4 Å². The molecule has 0 saturated carbocycles. The van der Waals surface area contributed by atoms with Crippen LogP contribution in [0.25, 0.3) is 0 Å². The highest BCUT2D eigenvalue weighted by Gasteiger charge is 2.21.